The molecule has 0 spiro atoms. The van der Waals surface area contributed by atoms with E-state index in [4.69, 9.17) is 4.74 Å². The van der Waals surface area contributed by atoms with E-state index in [0.29, 0.717) is 37.6 Å². The second kappa shape index (κ2) is 14.2. The van der Waals surface area contributed by atoms with E-state index >= 15 is 0 Å². The summed E-state index contributed by atoms with van der Waals surface area (Å²) in [6.45, 7) is 7.43. The van der Waals surface area contributed by atoms with Gasteiger partial charge in [-0.05, 0) is 59.3 Å². The molecule has 0 bridgehead atoms. The Bertz CT molecular complexity index is 989. The first kappa shape index (κ1) is 27.9. The molecule has 0 amide bonds. The highest BCUT2D eigenvalue weighted by Crippen LogP contribution is 2.44. The minimum absolute atomic E-state index is 0.0660. The van der Waals surface area contributed by atoms with Crippen LogP contribution in [0.1, 0.15) is 108 Å². The fourth-order valence-corrected chi connectivity index (χ4v) is 5.39. The molecule has 0 N–H and O–H groups in total. The van der Waals surface area contributed by atoms with Gasteiger partial charge in [0, 0.05) is 19.3 Å². The third kappa shape index (κ3) is 8.18. The van der Waals surface area contributed by atoms with Crippen LogP contribution in [0.4, 0.5) is 0 Å². The van der Waals surface area contributed by atoms with Gasteiger partial charge < -0.3 is 9.53 Å². The van der Waals surface area contributed by atoms with Crippen molar-refractivity contribution in [3.8, 4) is 5.75 Å². The van der Waals surface area contributed by atoms with Crippen LogP contribution in [0.2, 0.25) is 0 Å². The zero-order chi connectivity index (χ0) is 25.8. The van der Waals surface area contributed by atoms with Crippen molar-refractivity contribution >= 4 is 12.1 Å². The van der Waals surface area contributed by atoms with Gasteiger partial charge in [-0.1, -0.05) is 101 Å². The molecule has 1 aliphatic carbocycles. The molecule has 3 heteroatoms. The molecule has 2 aromatic rings. The van der Waals surface area contributed by atoms with Gasteiger partial charge in [-0.3, -0.25) is 4.79 Å². The fourth-order valence-electron chi connectivity index (χ4n) is 5.39. The van der Waals surface area contributed by atoms with Crippen molar-refractivity contribution in [2.45, 2.75) is 103 Å². The molecule has 3 rings (SSSR count). The zero-order valence-corrected chi connectivity index (χ0v) is 22.5. The monoisotopic (exact) mass is 488 g/mol. The number of ketones is 1. The number of rotatable bonds is 14. The molecule has 36 heavy (non-hydrogen) atoms. The molecule has 2 unspecified atom stereocenters. The average Bonchev–Trinajstić information content (AvgIpc) is 2.89. The predicted octanol–water partition coefficient (Wildman–Crippen LogP) is 8.50. The standard InChI is InChI=1S/C33H44O3/c1-4-5-6-12-21-33(2,3)28-18-20-30(32(23-28)36-25-26-14-9-7-10-15-26)31-24-29(35)19-17-27(31)16-11-8-13-22-34/h7-11,14-15,18,20,22-23,27,31H,4-6,12-13,16-17,19,21,24-25H2,1-3H3/b11-8+. The summed E-state index contributed by atoms with van der Waals surface area (Å²) in [4.78, 5) is 23.3. The van der Waals surface area contributed by atoms with Crippen molar-refractivity contribution in [1.29, 1.82) is 0 Å². The minimum atomic E-state index is 0.0660. The lowest BCUT2D eigenvalue weighted by Crippen LogP contribution is -2.24. The maximum atomic E-state index is 12.6. The summed E-state index contributed by atoms with van der Waals surface area (Å²) in [5.74, 6) is 1.76. The van der Waals surface area contributed by atoms with Crippen molar-refractivity contribution in [3.63, 3.8) is 0 Å². The summed E-state index contributed by atoms with van der Waals surface area (Å²) < 4.78 is 6.51. The van der Waals surface area contributed by atoms with Crippen LogP contribution in [0.25, 0.3) is 0 Å². The molecule has 0 heterocycles. The van der Waals surface area contributed by atoms with Gasteiger partial charge in [-0.2, -0.15) is 0 Å². The first-order valence-corrected chi connectivity index (χ1v) is 13.9. The van der Waals surface area contributed by atoms with Crippen LogP contribution in [0, 0.1) is 5.92 Å². The van der Waals surface area contributed by atoms with Crippen molar-refractivity contribution in [2.75, 3.05) is 0 Å². The number of unbranched alkanes of at least 4 members (excludes halogenated alkanes) is 3. The van der Waals surface area contributed by atoms with Crippen molar-refractivity contribution in [3.05, 3.63) is 77.4 Å². The van der Waals surface area contributed by atoms with E-state index in [9.17, 15) is 9.59 Å². The Morgan fingerprint density at radius 3 is 2.58 bits per heavy atom. The van der Waals surface area contributed by atoms with Crippen LogP contribution >= 0.6 is 0 Å². The van der Waals surface area contributed by atoms with E-state index in [1.165, 1.54) is 31.2 Å². The van der Waals surface area contributed by atoms with E-state index < -0.39 is 0 Å². The normalized spacial score (nSPS) is 18.5. The zero-order valence-electron chi connectivity index (χ0n) is 22.5. The largest absolute Gasteiger partial charge is 0.489 e. The Balaban J connectivity index is 1.89. The summed E-state index contributed by atoms with van der Waals surface area (Å²) in [5, 5.41) is 0. The van der Waals surface area contributed by atoms with E-state index in [2.05, 4.69) is 57.2 Å². The number of ether oxygens (including phenoxy) is 1. The van der Waals surface area contributed by atoms with Gasteiger partial charge in [0.15, 0.2) is 0 Å². The third-order valence-corrected chi connectivity index (χ3v) is 7.74. The fraction of sp³-hybridized carbons (Fsp3) is 0.515. The Labute approximate surface area is 218 Å². The number of benzene rings is 2. The SMILES string of the molecule is CCCCCCC(C)(C)c1ccc(C2CC(=O)CCC2C/C=C/CC=O)c(OCc2ccccc2)c1. The lowest BCUT2D eigenvalue weighted by Gasteiger charge is -2.33. The molecular weight excluding hydrogens is 444 g/mol. The summed E-state index contributed by atoms with van der Waals surface area (Å²) in [7, 11) is 0. The number of hydrogen-bond donors (Lipinski definition) is 0. The topological polar surface area (TPSA) is 43.4 Å². The number of hydrogen-bond acceptors (Lipinski definition) is 3. The second-order valence-electron chi connectivity index (χ2n) is 11.0. The predicted molar refractivity (Wildman–Crippen MR) is 149 cm³/mol. The highest BCUT2D eigenvalue weighted by molar-refractivity contribution is 5.80. The minimum Gasteiger partial charge on any atom is -0.489 e. The van der Waals surface area contributed by atoms with E-state index in [-0.39, 0.29) is 11.3 Å². The molecule has 1 fully saturated rings. The smallest absolute Gasteiger partial charge is 0.133 e. The molecule has 0 saturated heterocycles. The van der Waals surface area contributed by atoms with Crippen LogP contribution in [0.3, 0.4) is 0 Å². The van der Waals surface area contributed by atoms with Crippen LogP contribution in [0.5, 0.6) is 5.75 Å². The Hall–Kier alpha value is -2.68. The molecule has 0 aliphatic heterocycles. The maximum Gasteiger partial charge on any atom is 0.133 e. The second-order valence-corrected chi connectivity index (χ2v) is 11.0. The number of allylic oxidation sites excluding steroid dienone is 2. The van der Waals surface area contributed by atoms with Gasteiger partial charge >= 0.3 is 0 Å². The molecule has 1 aliphatic rings. The summed E-state index contributed by atoms with van der Waals surface area (Å²) in [6.07, 6.45) is 14.6. The average molecular weight is 489 g/mol. The third-order valence-electron chi connectivity index (χ3n) is 7.74. The van der Waals surface area contributed by atoms with Crippen molar-refractivity contribution in [2.24, 2.45) is 5.92 Å². The van der Waals surface area contributed by atoms with Crippen LogP contribution in [-0.4, -0.2) is 12.1 Å². The highest BCUT2D eigenvalue weighted by atomic mass is 16.5. The summed E-state index contributed by atoms with van der Waals surface area (Å²) >= 11 is 0. The van der Waals surface area contributed by atoms with Gasteiger partial charge in [-0.15, -0.1) is 0 Å². The van der Waals surface area contributed by atoms with Crippen molar-refractivity contribution in [1.82, 2.24) is 0 Å². The van der Waals surface area contributed by atoms with E-state index in [1.54, 1.807) is 0 Å². The van der Waals surface area contributed by atoms with Gasteiger partial charge in [-0.25, -0.2) is 0 Å². The Morgan fingerprint density at radius 2 is 1.83 bits per heavy atom. The molecular formula is C33H44O3. The molecule has 3 nitrogen and oxygen atoms in total. The van der Waals surface area contributed by atoms with Gasteiger partial charge in [0.1, 0.15) is 24.4 Å². The van der Waals surface area contributed by atoms with Gasteiger partial charge in [0.05, 0.1) is 0 Å². The lowest BCUT2D eigenvalue weighted by atomic mass is 9.72. The van der Waals surface area contributed by atoms with Crippen LogP contribution in [0.15, 0.2) is 60.7 Å². The maximum absolute atomic E-state index is 12.6. The molecule has 2 aromatic carbocycles. The number of Topliss-reactive ketones (excluding diaryl/α,β-unsaturated/α-hetero) is 1. The van der Waals surface area contributed by atoms with Crippen LogP contribution < -0.4 is 4.74 Å². The van der Waals surface area contributed by atoms with Gasteiger partial charge in [0.25, 0.3) is 0 Å². The van der Waals surface area contributed by atoms with Crippen molar-refractivity contribution < 1.29 is 14.3 Å². The number of aldehydes is 1. The summed E-state index contributed by atoms with van der Waals surface area (Å²) in [6, 6.07) is 17.0. The summed E-state index contributed by atoms with van der Waals surface area (Å²) in [5.41, 5.74) is 3.66. The van der Waals surface area contributed by atoms with Crippen LogP contribution in [-0.2, 0) is 21.6 Å². The first-order chi connectivity index (χ1) is 17.4. The Morgan fingerprint density at radius 1 is 1.03 bits per heavy atom. The molecule has 0 aromatic heterocycles. The highest BCUT2D eigenvalue weighted by Gasteiger charge is 2.32. The first-order valence-electron chi connectivity index (χ1n) is 13.9. The molecule has 2 atom stereocenters. The molecule has 0 radical (unpaired) electrons. The molecule has 194 valence electrons. The molecule has 1 saturated carbocycles. The number of carbonyl (C=O) groups is 2. The number of carbonyl (C=O) groups excluding carboxylic acids is 2. The van der Waals surface area contributed by atoms with E-state index in [0.717, 1.165) is 42.4 Å². The lowest BCUT2D eigenvalue weighted by molar-refractivity contribution is -0.121. The Kier molecular flexibility index (Phi) is 11.0. The van der Waals surface area contributed by atoms with E-state index in [1.807, 2.05) is 24.3 Å². The quantitative estimate of drug-likeness (QED) is 0.152. The van der Waals surface area contributed by atoms with Gasteiger partial charge in [0.2, 0.25) is 0 Å².